The molecule has 2 rings (SSSR count). The predicted molar refractivity (Wildman–Crippen MR) is 88.6 cm³/mol. The average molecular weight is 319 g/mol. The minimum atomic E-state index is -0.257. The molecule has 0 atom stereocenters. The van der Waals surface area contributed by atoms with Gasteiger partial charge in [0.05, 0.1) is 5.02 Å². The molecular formula is C17H19ClN2O2. The van der Waals surface area contributed by atoms with E-state index in [0.29, 0.717) is 16.8 Å². The van der Waals surface area contributed by atoms with Crippen molar-refractivity contribution in [3.8, 4) is 5.75 Å². The van der Waals surface area contributed by atoms with Crippen LogP contribution in [0.25, 0.3) is 0 Å². The first kappa shape index (κ1) is 16.3. The lowest BCUT2D eigenvalue weighted by molar-refractivity contribution is -0.118. The summed E-state index contributed by atoms with van der Waals surface area (Å²) in [6.45, 7) is 6.10. The van der Waals surface area contributed by atoms with Crippen LogP contribution in [0, 0.1) is 6.92 Å². The summed E-state index contributed by atoms with van der Waals surface area (Å²) >= 11 is 5.75. The van der Waals surface area contributed by atoms with E-state index in [1.165, 1.54) is 6.20 Å². The molecule has 1 amide bonds. The molecule has 1 N–H and O–H groups in total. The number of aromatic nitrogens is 1. The number of rotatable bonds is 5. The maximum absolute atomic E-state index is 12.0. The van der Waals surface area contributed by atoms with E-state index >= 15 is 0 Å². The Morgan fingerprint density at radius 3 is 2.73 bits per heavy atom. The summed E-state index contributed by atoms with van der Waals surface area (Å²) in [5.41, 5.74) is 2.11. The molecule has 0 bridgehead atoms. The van der Waals surface area contributed by atoms with Gasteiger partial charge in [-0.3, -0.25) is 4.79 Å². The van der Waals surface area contributed by atoms with Crippen molar-refractivity contribution in [2.75, 3.05) is 11.9 Å². The van der Waals surface area contributed by atoms with E-state index in [4.69, 9.17) is 16.3 Å². The van der Waals surface area contributed by atoms with Gasteiger partial charge in [0.2, 0.25) is 0 Å². The number of hydrogen-bond acceptors (Lipinski definition) is 3. The fourth-order valence-electron chi connectivity index (χ4n) is 2.09. The Balaban J connectivity index is 2.01. The number of nitrogens with zero attached hydrogens (tertiary/aromatic N) is 1. The van der Waals surface area contributed by atoms with Crippen molar-refractivity contribution in [1.29, 1.82) is 0 Å². The number of benzene rings is 1. The van der Waals surface area contributed by atoms with Gasteiger partial charge in [-0.2, -0.15) is 0 Å². The largest absolute Gasteiger partial charge is 0.483 e. The van der Waals surface area contributed by atoms with Crippen LogP contribution in [-0.2, 0) is 4.79 Å². The summed E-state index contributed by atoms with van der Waals surface area (Å²) in [6.07, 6.45) is 1.48. The highest BCUT2D eigenvalue weighted by molar-refractivity contribution is 6.30. The highest BCUT2D eigenvalue weighted by Gasteiger charge is 2.12. The number of para-hydroxylation sites is 1. The molecule has 0 aliphatic heterocycles. The van der Waals surface area contributed by atoms with E-state index in [2.05, 4.69) is 24.1 Å². The molecule has 0 fully saturated rings. The Morgan fingerprint density at radius 2 is 2.09 bits per heavy atom. The minimum absolute atomic E-state index is 0.0606. The third-order valence-electron chi connectivity index (χ3n) is 3.21. The maximum atomic E-state index is 12.0. The first-order valence-electron chi connectivity index (χ1n) is 7.11. The zero-order valence-corrected chi connectivity index (χ0v) is 13.6. The normalized spacial score (nSPS) is 10.6. The molecule has 0 radical (unpaired) electrons. The van der Waals surface area contributed by atoms with Gasteiger partial charge >= 0.3 is 0 Å². The molecular weight excluding hydrogens is 300 g/mol. The molecule has 0 saturated carbocycles. The Bertz CT molecular complexity index is 654. The van der Waals surface area contributed by atoms with Gasteiger partial charge in [0.25, 0.3) is 5.91 Å². The number of hydrogen-bond donors (Lipinski definition) is 1. The highest BCUT2D eigenvalue weighted by Crippen LogP contribution is 2.29. The molecule has 2 aromatic rings. The molecule has 0 aliphatic carbocycles. The van der Waals surface area contributed by atoms with E-state index in [-0.39, 0.29) is 12.5 Å². The van der Waals surface area contributed by atoms with E-state index in [9.17, 15) is 4.79 Å². The lowest BCUT2D eigenvalue weighted by Crippen LogP contribution is -2.21. The maximum Gasteiger partial charge on any atom is 0.263 e. The number of aryl methyl sites for hydroxylation is 1. The smallest absolute Gasteiger partial charge is 0.263 e. The number of nitrogens with one attached hydrogen (secondary N) is 1. The molecule has 4 nitrogen and oxygen atoms in total. The van der Waals surface area contributed by atoms with Crippen molar-refractivity contribution >= 4 is 23.3 Å². The van der Waals surface area contributed by atoms with E-state index in [1.54, 1.807) is 12.1 Å². The molecule has 0 saturated heterocycles. The number of carbonyl (C=O) groups excluding carboxylic acids is 1. The lowest BCUT2D eigenvalue weighted by atomic mass is 10.00. The Kier molecular flexibility index (Phi) is 5.39. The van der Waals surface area contributed by atoms with Crippen molar-refractivity contribution < 1.29 is 9.53 Å². The second-order valence-electron chi connectivity index (χ2n) is 5.35. The van der Waals surface area contributed by atoms with Gasteiger partial charge in [0, 0.05) is 6.20 Å². The van der Waals surface area contributed by atoms with Crippen molar-refractivity contribution in [2.45, 2.75) is 26.7 Å². The molecule has 1 aromatic heterocycles. The van der Waals surface area contributed by atoms with Crippen molar-refractivity contribution in [3.05, 3.63) is 52.7 Å². The van der Waals surface area contributed by atoms with E-state index < -0.39 is 0 Å². The minimum Gasteiger partial charge on any atom is -0.483 e. The summed E-state index contributed by atoms with van der Waals surface area (Å²) in [6, 6.07) is 9.30. The van der Waals surface area contributed by atoms with Gasteiger partial charge in [-0.1, -0.05) is 43.6 Å². The standard InChI is InChI=1S/C17H19ClN2O2/c1-11(2)14-6-4-5-12(3)17(14)22-10-16(21)20-15-8-7-13(18)9-19-15/h4-9,11H,10H2,1-3H3,(H,19,20,21). The lowest BCUT2D eigenvalue weighted by Gasteiger charge is -2.16. The van der Waals surface area contributed by atoms with Crippen LogP contribution in [0.3, 0.4) is 0 Å². The molecule has 0 unspecified atom stereocenters. The highest BCUT2D eigenvalue weighted by atomic mass is 35.5. The van der Waals surface area contributed by atoms with Crippen LogP contribution in [0.15, 0.2) is 36.5 Å². The number of anilines is 1. The number of halogens is 1. The summed E-state index contributed by atoms with van der Waals surface area (Å²) in [5.74, 6) is 1.30. The van der Waals surface area contributed by atoms with Gasteiger partial charge < -0.3 is 10.1 Å². The SMILES string of the molecule is Cc1cccc(C(C)C)c1OCC(=O)Nc1ccc(Cl)cn1. The summed E-state index contributed by atoms with van der Waals surface area (Å²) in [7, 11) is 0. The zero-order chi connectivity index (χ0) is 16.1. The first-order chi connectivity index (χ1) is 10.5. The summed E-state index contributed by atoms with van der Waals surface area (Å²) in [4.78, 5) is 16.0. The quantitative estimate of drug-likeness (QED) is 0.899. The average Bonchev–Trinajstić information content (AvgIpc) is 2.48. The fraction of sp³-hybridized carbons (Fsp3) is 0.294. The molecule has 1 aromatic carbocycles. The van der Waals surface area contributed by atoms with Crippen LogP contribution in [0.5, 0.6) is 5.75 Å². The van der Waals surface area contributed by atoms with Gasteiger partial charge in [-0.15, -0.1) is 0 Å². The third-order valence-corrected chi connectivity index (χ3v) is 3.43. The van der Waals surface area contributed by atoms with Crippen molar-refractivity contribution in [1.82, 2.24) is 4.98 Å². The monoisotopic (exact) mass is 318 g/mol. The first-order valence-corrected chi connectivity index (χ1v) is 7.49. The number of carbonyl (C=O) groups is 1. The molecule has 0 spiro atoms. The van der Waals surface area contributed by atoms with E-state index in [1.807, 2.05) is 25.1 Å². The van der Waals surface area contributed by atoms with Crippen LogP contribution >= 0.6 is 11.6 Å². The molecule has 116 valence electrons. The molecule has 22 heavy (non-hydrogen) atoms. The second-order valence-corrected chi connectivity index (χ2v) is 5.78. The van der Waals surface area contributed by atoms with E-state index in [0.717, 1.165) is 16.9 Å². The second kappa shape index (κ2) is 7.27. The summed E-state index contributed by atoms with van der Waals surface area (Å²) < 4.78 is 5.72. The zero-order valence-electron chi connectivity index (χ0n) is 12.9. The van der Waals surface area contributed by atoms with Crippen LogP contribution in [0.4, 0.5) is 5.82 Å². The van der Waals surface area contributed by atoms with Crippen LogP contribution in [0.1, 0.15) is 30.9 Å². The third kappa shape index (κ3) is 4.21. The van der Waals surface area contributed by atoms with Crippen molar-refractivity contribution in [3.63, 3.8) is 0 Å². The van der Waals surface area contributed by atoms with Gasteiger partial charge in [0.15, 0.2) is 6.61 Å². The number of pyridine rings is 1. The fourth-order valence-corrected chi connectivity index (χ4v) is 2.21. The van der Waals surface area contributed by atoms with Gasteiger partial charge in [0.1, 0.15) is 11.6 Å². The van der Waals surface area contributed by atoms with Gasteiger partial charge in [-0.25, -0.2) is 4.98 Å². The number of ether oxygens (including phenoxy) is 1. The number of amides is 1. The van der Waals surface area contributed by atoms with Crippen LogP contribution in [-0.4, -0.2) is 17.5 Å². The molecule has 0 aliphatic rings. The topological polar surface area (TPSA) is 51.2 Å². The predicted octanol–water partition coefficient (Wildman–Crippen LogP) is 4.18. The molecule has 5 heteroatoms. The Labute approximate surface area is 135 Å². The summed E-state index contributed by atoms with van der Waals surface area (Å²) in [5, 5.41) is 3.20. The van der Waals surface area contributed by atoms with Gasteiger partial charge in [-0.05, 0) is 36.1 Å². The van der Waals surface area contributed by atoms with Crippen molar-refractivity contribution in [2.24, 2.45) is 0 Å². The Hall–Kier alpha value is -2.07. The molecule has 1 heterocycles. The Morgan fingerprint density at radius 1 is 1.32 bits per heavy atom. The van der Waals surface area contributed by atoms with Crippen LogP contribution < -0.4 is 10.1 Å². The van der Waals surface area contributed by atoms with Crippen LogP contribution in [0.2, 0.25) is 5.02 Å².